The van der Waals surface area contributed by atoms with E-state index < -0.39 is 17.5 Å². The van der Waals surface area contributed by atoms with Crippen molar-refractivity contribution in [3.8, 4) is 11.6 Å². The first-order valence-corrected chi connectivity index (χ1v) is 8.89. The van der Waals surface area contributed by atoms with Gasteiger partial charge in [0.15, 0.2) is 0 Å². The van der Waals surface area contributed by atoms with Gasteiger partial charge >= 0.3 is 0 Å². The third kappa shape index (κ3) is 5.00. The van der Waals surface area contributed by atoms with Gasteiger partial charge in [0.05, 0.1) is 5.69 Å². The van der Waals surface area contributed by atoms with E-state index in [0.29, 0.717) is 0 Å². The Balaban J connectivity index is 2.37. The number of unbranched alkanes of at least 4 members (excludes halogenated alkanes) is 2. The topological polar surface area (TPSA) is 65.2 Å². The number of nitrogens with zero attached hydrogens (tertiary/aromatic N) is 1. The molecule has 1 aromatic heterocycles. The van der Waals surface area contributed by atoms with Crippen molar-refractivity contribution in [3.05, 3.63) is 53.2 Å². The fourth-order valence-electron chi connectivity index (χ4n) is 2.82. The summed E-state index contributed by atoms with van der Waals surface area (Å²) in [4.78, 5) is 15.9. The summed E-state index contributed by atoms with van der Waals surface area (Å²) in [6.45, 7) is 4.08. The first-order valence-electron chi connectivity index (χ1n) is 8.89. The van der Waals surface area contributed by atoms with Crippen molar-refractivity contribution in [3.63, 3.8) is 0 Å². The van der Waals surface area contributed by atoms with Crippen LogP contribution < -0.4 is 10.5 Å². The largest absolute Gasteiger partial charge is 0.438 e. The van der Waals surface area contributed by atoms with Gasteiger partial charge in [-0.05, 0) is 43.2 Å². The molecule has 0 bridgehead atoms. The third-order valence-corrected chi connectivity index (χ3v) is 4.30. The van der Waals surface area contributed by atoms with Crippen molar-refractivity contribution in [1.82, 2.24) is 4.98 Å². The number of rotatable bonds is 9. The molecule has 0 saturated heterocycles. The molecule has 0 aliphatic rings. The van der Waals surface area contributed by atoms with Gasteiger partial charge in [-0.3, -0.25) is 4.79 Å². The Hall–Kier alpha value is -2.50. The standard InChI is InChI=1S/C20H24F2N2O2/c1-3-5-6-7-13(4-2)18-17(22)12-16(19(23)25)20(24-18)26-15-10-8-14(21)9-11-15/h8-13H,3-7H2,1-2H3,(H2,23,25). The number of hydrogen-bond acceptors (Lipinski definition) is 3. The smallest absolute Gasteiger partial charge is 0.254 e. The average Bonchev–Trinajstić information content (AvgIpc) is 2.62. The first-order chi connectivity index (χ1) is 12.5. The van der Waals surface area contributed by atoms with E-state index in [9.17, 15) is 13.6 Å². The highest BCUT2D eigenvalue weighted by Crippen LogP contribution is 2.31. The fraction of sp³-hybridized carbons (Fsp3) is 0.400. The summed E-state index contributed by atoms with van der Waals surface area (Å²) in [5.74, 6) is -1.65. The van der Waals surface area contributed by atoms with E-state index in [4.69, 9.17) is 10.5 Å². The molecule has 4 nitrogen and oxygen atoms in total. The number of pyridine rings is 1. The Morgan fingerprint density at radius 1 is 1.19 bits per heavy atom. The highest BCUT2D eigenvalue weighted by atomic mass is 19.1. The lowest BCUT2D eigenvalue weighted by molar-refractivity contribution is 0.0997. The Morgan fingerprint density at radius 3 is 2.46 bits per heavy atom. The number of carbonyl (C=O) groups excluding carboxylic acids is 1. The zero-order valence-corrected chi connectivity index (χ0v) is 15.1. The van der Waals surface area contributed by atoms with E-state index in [1.807, 2.05) is 6.92 Å². The minimum absolute atomic E-state index is 0.0607. The first kappa shape index (κ1) is 19.8. The number of primary amides is 1. The highest BCUT2D eigenvalue weighted by Gasteiger charge is 2.22. The maximum absolute atomic E-state index is 14.6. The molecule has 0 aliphatic carbocycles. The Kier molecular flexibility index (Phi) is 7.06. The molecule has 1 atom stereocenters. The molecule has 26 heavy (non-hydrogen) atoms. The predicted octanol–water partition coefficient (Wildman–Crippen LogP) is 5.32. The lowest BCUT2D eigenvalue weighted by atomic mass is 9.94. The third-order valence-electron chi connectivity index (χ3n) is 4.30. The van der Waals surface area contributed by atoms with Crippen molar-refractivity contribution < 1.29 is 18.3 Å². The second-order valence-electron chi connectivity index (χ2n) is 6.23. The van der Waals surface area contributed by atoms with Crippen molar-refractivity contribution in [2.45, 2.75) is 51.9 Å². The second-order valence-corrected chi connectivity index (χ2v) is 6.23. The number of hydrogen-bond donors (Lipinski definition) is 1. The van der Waals surface area contributed by atoms with Gasteiger partial charge in [-0.15, -0.1) is 0 Å². The predicted molar refractivity (Wildman–Crippen MR) is 96.4 cm³/mol. The summed E-state index contributed by atoms with van der Waals surface area (Å²) in [6, 6.07) is 6.34. The Morgan fingerprint density at radius 2 is 1.88 bits per heavy atom. The van der Waals surface area contributed by atoms with Crippen molar-refractivity contribution in [1.29, 1.82) is 0 Å². The van der Waals surface area contributed by atoms with Crippen LogP contribution in [0.2, 0.25) is 0 Å². The van der Waals surface area contributed by atoms with Crippen LogP contribution in [0.5, 0.6) is 11.6 Å². The number of amides is 1. The molecule has 1 amide bonds. The summed E-state index contributed by atoms with van der Waals surface area (Å²) in [5.41, 5.74) is 5.46. The Bertz CT molecular complexity index is 748. The van der Waals surface area contributed by atoms with E-state index in [-0.39, 0.29) is 28.8 Å². The summed E-state index contributed by atoms with van der Waals surface area (Å²) in [7, 11) is 0. The molecular weight excluding hydrogens is 338 g/mol. The van der Waals surface area contributed by atoms with E-state index >= 15 is 0 Å². The maximum Gasteiger partial charge on any atom is 0.254 e. The van der Waals surface area contributed by atoms with Gasteiger partial charge in [0.25, 0.3) is 5.91 Å². The molecular formula is C20H24F2N2O2. The molecule has 0 aliphatic heterocycles. The lowest BCUT2D eigenvalue weighted by Crippen LogP contribution is -2.16. The van der Waals surface area contributed by atoms with Crippen molar-refractivity contribution in [2.75, 3.05) is 0 Å². The number of aromatic nitrogens is 1. The zero-order chi connectivity index (χ0) is 19.1. The maximum atomic E-state index is 14.6. The molecule has 2 rings (SSSR count). The normalized spacial score (nSPS) is 12.0. The van der Waals surface area contributed by atoms with Crippen LogP contribution in [0.3, 0.4) is 0 Å². The number of nitrogens with two attached hydrogens (primary N) is 1. The summed E-state index contributed by atoms with van der Waals surface area (Å²) in [5, 5.41) is 0. The fourth-order valence-corrected chi connectivity index (χ4v) is 2.82. The second kappa shape index (κ2) is 9.27. The molecule has 0 radical (unpaired) electrons. The van der Waals surface area contributed by atoms with Crippen LogP contribution in [0.15, 0.2) is 30.3 Å². The molecule has 2 N–H and O–H groups in total. The van der Waals surface area contributed by atoms with Gasteiger partial charge in [0.1, 0.15) is 22.9 Å². The molecule has 140 valence electrons. The summed E-state index contributed by atoms with van der Waals surface area (Å²) >= 11 is 0. The van der Waals surface area contributed by atoms with Crippen LogP contribution in [0.25, 0.3) is 0 Å². The molecule has 1 aromatic carbocycles. The van der Waals surface area contributed by atoms with E-state index in [0.717, 1.165) is 38.2 Å². The highest BCUT2D eigenvalue weighted by molar-refractivity contribution is 5.95. The monoisotopic (exact) mass is 362 g/mol. The van der Waals surface area contributed by atoms with Gasteiger partial charge in [0, 0.05) is 5.92 Å². The lowest BCUT2D eigenvalue weighted by Gasteiger charge is -2.17. The Labute approximate surface area is 152 Å². The number of ether oxygens (including phenoxy) is 1. The van der Waals surface area contributed by atoms with Crippen molar-refractivity contribution >= 4 is 5.91 Å². The molecule has 0 saturated carbocycles. The average molecular weight is 362 g/mol. The molecule has 6 heteroatoms. The van der Waals surface area contributed by atoms with Crippen molar-refractivity contribution in [2.24, 2.45) is 5.73 Å². The van der Waals surface area contributed by atoms with E-state index in [2.05, 4.69) is 11.9 Å². The van der Waals surface area contributed by atoms with Crippen LogP contribution >= 0.6 is 0 Å². The van der Waals surface area contributed by atoms with Crippen LogP contribution in [0.1, 0.15) is 67.9 Å². The number of benzene rings is 1. The SMILES string of the molecule is CCCCCC(CC)c1nc(Oc2ccc(F)cc2)c(C(N)=O)cc1F. The summed E-state index contributed by atoms with van der Waals surface area (Å²) in [6.07, 6.45) is 4.64. The van der Waals surface area contributed by atoms with E-state index in [1.165, 1.54) is 24.3 Å². The van der Waals surface area contributed by atoms with Gasteiger partial charge in [-0.25, -0.2) is 13.8 Å². The molecule has 0 spiro atoms. The zero-order valence-electron chi connectivity index (χ0n) is 15.1. The quantitative estimate of drug-likeness (QED) is 0.614. The van der Waals surface area contributed by atoms with Gasteiger partial charge in [-0.1, -0.05) is 33.1 Å². The van der Waals surface area contributed by atoms with Gasteiger partial charge < -0.3 is 10.5 Å². The molecule has 1 unspecified atom stereocenters. The van der Waals surface area contributed by atoms with Crippen LogP contribution in [0, 0.1) is 11.6 Å². The van der Waals surface area contributed by atoms with Crippen LogP contribution in [-0.2, 0) is 0 Å². The molecule has 0 fully saturated rings. The van der Waals surface area contributed by atoms with E-state index in [1.54, 1.807) is 0 Å². The molecule has 1 heterocycles. The summed E-state index contributed by atoms with van der Waals surface area (Å²) < 4.78 is 33.2. The van der Waals surface area contributed by atoms with Crippen LogP contribution in [0.4, 0.5) is 8.78 Å². The van der Waals surface area contributed by atoms with Crippen LogP contribution in [-0.4, -0.2) is 10.9 Å². The van der Waals surface area contributed by atoms with Gasteiger partial charge in [-0.2, -0.15) is 0 Å². The molecule has 2 aromatic rings. The number of carbonyl (C=O) groups is 1. The number of halogens is 2. The van der Waals surface area contributed by atoms with Gasteiger partial charge in [0.2, 0.25) is 5.88 Å². The minimum atomic E-state index is -0.834. The minimum Gasteiger partial charge on any atom is -0.438 e.